The lowest BCUT2D eigenvalue weighted by Crippen LogP contribution is -2.14. The fourth-order valence-electron chi connectivity index (χ4n) is 2.97. The summed E-state index contributed by atoms with van der Waals surface area (Å²) in [6.07, 6.45) is 9.20. The number of aromatic nitrogens is 2. The summed E-state index contributed by atoms with van der Waals surface area (Å²) in [5, 5.41) is 0.583. The minimum atomic E-state index is 0.583. The molecule has 0 saturated heterocycles. The van der Waals surface area contributed by atoms with Gasteiger partial charge in [0.15, 0.2) is 0 Å². The molecule has 0 saturated carbocycles. The van der Waals surface area contributed by atoms with Crippen molar-refractivity contribution in [1.29, 1.82) is 0 Å². The lowest BCUT2D eigenvalue weighted by molar-refractivity contribution is 0.624. The Morgan fingerprint density at radius 1 is 1.00 bits per heavy atom. The van der Waals surface area contributed by atoms with Crippen LogP contribution < -0.4 is 5.73 Å². The van der Waals surface area contributed by atoms with Crippen LogP contribution in [-0.4, -0.2) is 20.6 Å². The van der Waals surface area contributed by atoms with Crippen LogP contribution in [0.15, 0.2) is 67.3 Å². The van der Waals surface area contributed by atoms with Crippen LogP contribution in [0.4, 0.5) is 5.69 Å². The number of thioether (sulfide) groups is 1. The van der Waals surface area contributed by atoms with Gasteiger partial charge >= 0.3 is 0 Å². The second-order valence-corrected chi connectivity index (χ2v) is 8.18. The van der Waals surface area contributed by atoms with Crippen molar-refractivity contribution in [3.63, 3.8) is 0 Å². The molecule has 136 valence electrons. The minimum absolute atomic E-state index is 0.583. The highest BCUT2D eigenvalue weighted by atomic mass is 32.2. The molecule has 0 amide bonds. The number of imidazole rings is 1. The monoisotopic (exact) mass is 365 g/mol. The molecule has 26 heavy (non-hydrogen) atoms. The van der Waals surface area contributed by atoms with Crippen molar-refractivity contribution in [2.75, 3.05) is 11.5 Å². The second kappa shape index (κ2) is 9.48. The lowest BCUT2D eigenvalue weighted by atomic mass is 10.1. The van der Waals surface area contributed by atoms with E-state index < -0.39 is 0 Å². The molecule has 0 aliphatic heterocycles. The zero-order valence-corrected chi connectivity index (χ0v) is 16.2. The summed E-state index contributed by atoms with van der Waals surface area (Å²) in [6.45, 7) is 3.15. The summed E-state index contributed by atoms with van der Waals surface area (Å²) in [5.41, 5.74) is 10.7. The van der Waals surface area contributed by atoms with Crippen LogP contribution >= 0.6 is 11.8 Å². The topological polar surface area (TPSA) is 43.8 Å². The molecule has 0 bridgehead atoms. The smallest absolute Gasteiger partial charge is 0.0946 e. The van der Waals surface area contributed by atoms with E-state index in [2.05, 4.69) is 70.8 Å². The predicted molar refractivity (Wildman–Crippen MR) is 113 cm³/mol. The van der Waals surface area contributed by atoms with E-state index in [1.807, 2.05) is 24.7 Å². The van der Waals surface area contributed by atoms with Crippen molar-refractivity contribution >= 4 is 17.4 Å². The number of aryl methyl sites for hydroxylation is 3. The van der Waals surface area contributed by atoms with Crippen LogP contribution in [-0.2, 0) is 19.4 Å². The number of nitrogen functional groups attached to an aromatic ring is 1. The number of hydrogen-bond acceptors (Lipinski definition) is 3. The van der Waals surface area contributed by atoms with Crippen LogP contribution in [0.1, 0.15) is 23.1 Å². The van der Waals surface area contributed by atoms with Gasteiger partial charge in [-0.1, -0.05) is 42.0 Å². The maximum Gasteiger partial charge on any atom is 0.0946 e. The van der Waals surface area contributed by atoms with Gasteiger partial charge in [-0.05, 0) is 55.2 Å². The Kier molecular flexibility index (Phi) is 6.78. The van der Waals surface area contributed by atoms with Gasteiger partial charge in [-0.25, -0.2) is 4.98 Å². The largest absolute Gasteiger partial charge is 0.399 e. The van der Waals surface area contributed by atoms with Gasteiger partial charge in [0.1, 0.15) is 0 Å². The zero-order valence-electron chi connectivity index (χ0n) is 15.3. The second-order valence-electron chi connectivity index (χ2n) is 6.77. The number of rotatable bonds is 9. The van der Waals surface area contributed by atoms with E-state index in [1.165, 1.54) is 23.1 Å². The predicted octanol–water partition coefficient (Wildman–Crippen LogP) is 4.75. The minimum Gasteiger partial charge on any atom is -0.399 e. The zero-order chi connectivity index (χ0) is 18.2. The molecular weight excluding hydrogens is 338 g/mol. The summed E-state index contributed by atoms with van der Waals surface area (Å²) in [6, 6.07) is 17.1. The lowest BCUT2D eigenvalue weighted by Gasteiger charge is -2.17. The van der Waals surface area contributed by atoms with Crippen molar-refractivity contribution in [2.24, 2.45) is 0 Å². The molecule has 3 aromatic rings. The normalized spacial score (nSPS) is 12.2. The number of nitrogens with zero attached hydrogens (tertiary/aromatic N) is 2. The summed E-state index contributed by atoms with van der Waals surface area (Å²) in [5.74, 6) is 1.12. The molecule has 2 aromatic carbocycles. The Labute approximate surface area is 160 Å². The first-order chi connectivity index (χ1) is 12.7. The van der Waals surface area contributed by atoms with E-state index >= 15 is 0 Å². The Morgan fingerprint density at radius 2 is 1.69 bits per heavy atom. The summed E-state index contributed by atoms with van der Waals surface area (Å²) in [4.78, 5) is 4.18. The first-order valence-corrected chi connectivity index (χ1v) is 10.2. The Balaban J connectivity index is 1.53. The number of anilines is 1. The summed E-state index contributed by atoms with van der Waals surface area (Å²) >= 11 is 2.06. The third kappa shape index (κ3) is 5.95. The third-order valence-corrected chi connectivity index (χ3v) is 5.87. The maximum absolute atomic E-state index is 5.77. The number of benzene rings is 2. The molecule has 1 atom stereocenters. The van der Waals surface area contributed by atoms with Gasteiger partial charge in [0.25, 0.3) is 0 Å². The molecular formula is C22H27N3S. The van der Waals surface area contributed by atoms with Gasteiger partial charge < -0.3 is 10.3 Å². The highest BCUT2D eigenvalue weighted by Gasteiger charge is 2.11. The SMILES string of the molecule is Cc1ccc(CCC(Cn2ccnc2)SCCc2ccc(N)cc2)cc1. The molecule has 1 aromatic heterocycles. The third-order valence-electron chi connectivity index (χ3n) is 4.57. The van der Waals surface area contributed by atoms with E-state index in [0.29, 0.717) is 5.25 Å². The molecule has 3 rings (SSSR count). The molecule has 0 fully saturated rings. The van der Waals surface area contributed by atoms with E-state index in [1.54, 1.807) is 0 Å². The summed E-state index contributed by atoms with van der Waals surface area (Å²) in [7, 11) is 0. The molecule has 0 spiro atoms. The standard InChI is InChI=1S/C22H27N3S/c1-18-2-4-19(5-3-18)8-11-22(16-25-14-13-24-17-25)26-15-12-20-6-9-21(23)10-7-20/h2-7,9-10,13-14,17,22H,8,11-12,15-16,23H2,1H3. The van der Waals surface area contributed by atoms with Gasteiger partial charge in [0.2, 0.25) is 0 Å². The number of nitrogens with two attached hydrogens (primary N) is 1. The highest BCUT2D eigenvalue weighted by Crippen LogP contribution is 2.21. The summed E-state index contributed by atoms with van der Waals surface area (Å²) < 4.78 is 2.19. The Morgan fingerprint density at radius 3 is 2.38 bits per heavy atom. The van der Waals surface area contributed by atoms with Gasteiger partial charge in [0.05, 0.1) is 6.33 Å². The van der Waals surface area contributed by atoms with Crippen LogP contribution in [0, 0.1) is 6.92 Å². The average molecular weight is 366 g/mol. The molecule has 2 N–H and O–H groups in total. The first kappa shape index (κ1) is 18.6. The molecule has 0 aliphatic rings. The van der Waals surface area contributed by atoms with Crippen molar-refractivity contribution in [3.8, 4) is 0 Å². The molecule has 4 heteroatoms. The van der Waals surface area contributed by atoms with Crippen molar-refractivity contribution < 1.29 is 0 Å². The Bertz CT molecular complexity index is 764. The van der Waals surface area contributed by atoms with Crippen LogP contribution in [0.25, 0.3) is 0 Å². The molecule has 0 radical (unpaired) electrons. The van der Waals surface area contributed by atoms with E-state index in [0.717, 1.165) is 30.8 Å². The molecule has 0 aliphatic carbocycles. The fourth-order valence-corrected chi connectivity index (χ4v) is 4.22. The van der Waals surface area contributed by atoms with Gasteiger partial charge in [0, 0.05) is 29.9 Å². The average Bonchev–Trinajstić information content (AvgIpc) is 3.15. The first-order valence-electron chi connectivity index (χ1n) is 9.16. The van der Waals surface area contributed by atoms with Crippen LogP contribution in [0.2, 0.25) is 0 Å². The van der Waals surface area contributed by atoms with Crippen molar-refractivity contribution in [3.05, 3.63) is 83.9 Å². The van der Waals surface area contributed by atoms with Crippen molar-refractivity contribution in [1.82, 2.24) is 9.55 Å². The maximum atomic E-state index is 5.77. The number of hydrogen-bond donors (Lipinski definition) is 1. The molecule has 3 nitrogen and oxygen atoms in total. The van der Waals surface area contributed by atoms with E-state index in [4.69, 9.17) is 5.73 Å². The van der Waals surface area contributed by atoms with Gasteiger partial charge in [-0.3, -0.25) is 0 Å². The quantitative estimate of drug-likeness (QED) is 0.557. The molecule has 1 unspecified atom stereocenters. The van der Waals surface area contributed by atoms with Gasteiger partial charge in [-0.15, -0.1) is 0 Å². The molecule has 1 heterocycles. The van der Waals surface area contributed by atoms with Crippen LogP contribution in [0.3, 0.4) is 0 Å². The Hall–Kier alpha value is -2.20. The van der Waals surface area contributed by atoms with E-state index in [9.17, 15) is 0 Å². The fraction of sp³-hybridized carbons (Fsp3) is 0.318. The van der Waals surface area contributed by atoms with Crippen molar-refractivity contribution in [2.45, 2.75) is 38.0 Å². The van der Waals surface area contributed by atoms with E-state index in [-0.39, 0.29) is 0 Å². The van der Waals surface area contributed by atoms with Crippen LogP contribution in [0.5, 0.6) is 0 Å². The van der Waals surface area contributed by atoms with Gasteiger partial charge in [-0.2, -0.15) is 11.8 Å². The highest BCUT2D eigenvalue weighted by molar-refractivity contribution is 7.99.